The van der Waals surface area contributed by atoms with E-state index in [1.807, 2.05) is 0 Å². The van der Waals surface area contributed by atoms with Crippen LogP contribution in [0.3, 0.4) is 0 Å². The van der Waals surface area contributed by atoms with Crippen molar-refractivity contribution in [2.24, 2.45) is 0 Å². The maximum absolute atomic E-state index is 10.5. The van der Waals surface area contributed by atoms with Gasteiger partial charge in [0.25, 0.3) is 0 Å². The smallest absolute Gasteiger partial charge is 0.409 e. The fraction of sp³-hybridized carbons (Fsp3) is 0.222. The fourth-order valence-electron chi connectivity index (χ4n) is 1.01. The van der Waals surface area contributed by atoms with E-state index in [2.05, 4.69) is 11.4 Å². The van der Waals surface area contributed by atoms with Gasteiger partial charge in [0.2, 0.25) is 0 Å². The molecule has 0 aliphatic rings. The average molecular weight is 196 g/mol. The van der Waals surface area contributed by atoms with Crippen molar-refractivity contribution in [1.82, 2.24) is 0 Å². The quantitative estimate of drug-likeness (QED) is 0.770. The van der Waals surface area contributed by atoms with E-state index in [1.54, 1.807) is 0 Å². The molecule has 1 amide bonds. The van der Waals surface area contributed by atoms with Crippen LogP contribution < -0.4 is 14.8 Å². The van der Waals surface area contributed by atoms with Crippen molar-refractivity contribution < 1.29 is 19.4 Å². The Bertz CT molecular complexity index is 315. The minimum atomic E-state index is -1.17. The lowest BCUT2D eigenvalue weighted by Crippen LogP contribution is -2.09. The summed E-state index contributed by atoms with van der Waals surface area (Å²) in [7, 11) is 2.88. The number of carboxylic acid groups (broad SMARTS) is 1. The Morgan fingerprint density at radius 1 is 1.36 bits per heavy atom. The van der Waals surface area contributed by atoms with Gasteiger partial charge in [-0.1, -0.05) is 0 Å². The topological polar surface area (TPSA) is 67.8 Å². The predicted molar refractivity (Wildman–Crippen MR) is 50.0 cm³/mol. The second-order valence-corrected chi connectivity index (χ2v) is 2.40. The summed E-state index contributed by atoms with van der Waals surface area (Å²) in [4.78, 5) is 10.5. The van der Waals surface area contributed by atoms with Gasteiger partial charge in [-0.3, -0.25) is 5.32 Å². The molecule has 0 aliphatic carbocycles. The minimum absolute atomic E-state index is 0.279. The second-order valence-electron chi connectivity index (χ2n) is 2.40. The first-order valence-electron chi connectivity index (χ1n) is 3.81. The van der Waals surface area contributed by atoms with Crippen LogP contribution in [0.1, 0.15) is 0 Å². The lowest BCUT2D eigenvalue weighted by Gasteiger charge is -2.11. The lowest BCUT2D eigenvalue weighted by molar-refractivity contribution is 0.209. The highest BCUT2D eigenvalue weighted by Gasteiger charge is 2.11. The number of amides is 1. The number of rotatable bonds is 3. The van der Waals surface area contributed by atoms with Gasteiger partial charge in [0, 0.05) is 0 Å². The molecular formula is C9H10NO4. The molecule has 1 radical (unpaired) electrons. The Labute approximate surface area is 81.3 Å². The van der Waals surface area contributed by atoms with Gasteiger partial charge in [-0.2, -0.15) is 0 Å². The third kappa shape index (κ3) is 2.07. The van der Waals surface area contributed by atoms with Crippen LogP contribution in [0, 0.1) is 6.07 Å². The van der Waals surface area contributed by atoms with E-state index in [0.717, 1.165) is 0 Å². The summed E-state index contributed by atoms with van der Waals surface area (Å²) in [5.41, 5.74) is 0.279. The maximum Gasteiger partial charge on any atom is 0.409 e. The van der Waals surface area contributed by atoms with Gasteiger partial charge in [-0.15, -0.1) is 0 Å². The number of anilines is 1. The predicted octanol–water partition coefficient (Wildman–Crippen LogP) is 1.59. The van der Waals surface area contributed by atoms with E-state index in [9.17, 15) is 4.79 Å². The number of methoxy groups -OCH3 is 2. The standard InChI is InChI=1S/C9H10NO4/c1-13-6-4-3-5-7(14-2)8(6)10-9(11)12/h4-5,10H,1-2H3,(H,11,12). The van der Waals surface area contributed by atoms with Crippen molar-refractivity contribution >= 4 is 11.8 Å². The summed E-state index contributed by atoms with van der Waals surface area (Å²) < 4.78 is 9.90. The molecule has 0 aromatic heterocycles. The Morgan fingerprint density at radius 3 is 2.21 bits per heavy atom. The van der Waals surface area contributed by atoms with Gasteiger partial charge >= 0.3 is 6.09 Å². The Morgan fingerprint density at radius 2 is 1.86 bits per heavy atom. The monoisotopic (exact) mass is 196 g/mol. The average Bonchev–Trinajstić information content (AvgIpc) is 2.17. The number of benzene rings is 1. The molecule has 75 valence electrons. The van der Waals surface area contributed by atoms with Crippen LogP contribution in [0.5, 0.6) is 11.5 Å². The van der Waals surface area contributed by atoms with E-state index in [4.69, 9.17) is 14.6 Å². The van der Waals surface area contributed by atoms with Crippen LogP contribution in [0.2, 0.25) is 0 Å². The number of hydrogen-bond acceptors (Lipinski definition) is 3. The van der Waals surface area contributed by atoms with Crippen molar-refractivity contribution in [3.8, 4) is 11.5 Å². The molecule has 0 unspecified atom stereocenters. The number of nitrogens with one attached hydrogen (secondary N) is 1. The molecule has 0 atom stereocenters. The molecule has 0 fully saturated rings. The van der Waals surface area contributed by atoms with Gasteiger partial charge in [0.15, 0.2) is 0 Å². The minimum Gasteiger partial charge on any atom is -0.494 e. The third-order valence-electron chi connectivity index (χ3n) is 1.59. The molecule has 5 heteroatoms. The van der Waals surface area contributed by atoms with E-state index in [-0.39, 0.29) is 5.69 Å². The Balaban J connectivity index is 3.12. The molecule has 0 heterocycles. The van der Waals surface area contributed by atoms with Crippen LogP contribution in [0.15, 0.2) is 12.1 Å². The highest BCUT2D eigenvalue weighted by Crippen LogP contribution is 2.33. The van der Waals surface area contributed by atoms with E-state index in [0.29, 0.717) is 11.5 Å². The maximum atomic E-state index is 10.5. The summed E-state index contributed by atoms with van der Waals surface area (Å²) in [6, 6.07) is 5.81. The molecule has 1 aromatic rings. The van der Waals surface area contributed by atoms with Crippen molar-refractivity contribution in [2.75, 3.05) is 19.5 Å². The van der Waals surface area contributed by atoms with Gasteiger partial charge in [0.05, 0.1) is 14.2 Å². The van der Waals surface area contributed by atoms with Crippen LogP contribution >= 0.6 is 0 Å². The summed E-state index contributed by atoms with van der Waals surface area (Å²) in [5, 5.41) is 10.8. The SMILES string of the molecule is COc1c[c]cc(OC)c1NC(=O)O. The second kappa shape index (κ2) is 4.36. The third-order valence-corrected chi connectivity index (χ3v) is 1.59. The van der Waals surface area contributed by atoms with Gasteiger partial charge in [-0.25, -0.2) is 4.79 Å². The van der Waals surface area contributed by atoms with Crippen LogP contribution in [-0.4, -0.2) is 25.4 Å². The van der Waals surface area contributed by atoms with E-state index < -0.39 is 6.09 Å². The molecule has 1 rings (SSSR count). The van der Waals surface area contributed by atoms with Crippen molar-refractivity contribution in [1.29, 1.82) is 0 Å². The van der Waals surface area contributed by atoms with E-state index in [1.165, 1.54) is 26.4 Å². The molecule has 14 heavy (non-hydrogen) atoms. The lowest BCUT2D eigenvalue weighted by atomic mass is 10.2. The highest BCUT2D eigenvalue weighted by atomic mass is 16.5. The van der Waals surface area contributed by atoms with Crippen molar-refractivity contribution in [2.45, 2.75) is 0 Å². The first kappa shape index (κ1) is 10.2. The fourth-order valence-corrected chi connectivity index (χ4v) is 1.01. The number of carbonyl (C=O) groups is 1. The molecule has 2 N–H and O–H groups in total. The van der Waals surface area contributed by atoms with Gasteiger partial charge in [0.1, 0.15) is 17.2 Å². The number of hydrogen-bond donors (Lipinski definition) is 2. The first-order chi connectivity index (χ1) is 6.69. The van der Waals surface area contributed by atoms with Crippen LogP contribution in [-0.2, 0) is 0 Å². The zero-order valence-electron chi connectivity index (χ0n) is 7.83. The highest BCUT2D eigenvalue weighted by molar-refractivity contribution is 5.87. The molecule has 0 spiro atoms. The van der Waals surface area contributed by atoms with E-state index >= 15 is 0 Å². The summed E-state index contributed by atoms with van der Waals surface area (Å²) in [6.45, 7) is 0. The molecule has 0 saturated carbocycles. The largest absolute Gasteiger partial charge is 0.494 e. The molecular weight excluding hydrogens is 186 g/mol. The van der Waals surface area contributed by atoms with Gasteiger partial charge < -0.3 is 14.6 Å². The van der Waals surface area contributed by atoms with Crippen molar-refractivity contribution in [3.63, 3.8) is 0 Å². The Hall–Kier alpha value is -1.91. The van der Waals surface area contributed by atoms with Crippen LogP contribution in [0.4, 0.5) is 10.5 Å². The zero-order chi connectivity index (χ0) is 10.6. The molecule has 5 nitrogen and oxygen atoms in total. The number of ether oxygens (including phenoxy) is 2. The summed E-state index contributed by atoms with van der Waals surface area (Å²) in [5.74, 6) is 0.735. The van der Waals surface area contributed by atoms with Crippen molar-refractivity contribution in [3.05, 3.63) is 18.2 Å². The summed E-state index contributed by atoms with van der Waals surface area (Å²) in [6.07, 6.45) is -1.17. The Kier molecular flexibility index (Phi) is 3.17. The summed E-state index contributed by atoms with van der Waals surface area (Å²) >= 11 is 0. The molecule has 0 bridgehead atoms. The zero-order valence-corrected chi connectivity index (χ0v) is 7.83. The van der Waals surface area contributed by atoms with Crippen LogP contribution in [0.25, 0.3) is 0 Å². The molecule has 0 saturated heterocycles. The van der Waals surface area contributed by atoms with Gasteiger partial charge in [-0.05, 0) is 18.2 Å². The molecule has 1 aromatic carbocycles. The molecule has 0 aliphatic heterocycles. The first-order valence-corrected chi connectivity index (χ1v) is 3.81. The normalized spacial score (nSPS) is 9.29.